The highest BCUT2D eigenvalue weighted by Crippen LogP contribution is 2.33. The summed E-state index contributed by atoms with van der Waals surface area (Å²) < 4.78 is 11.4. The largest absolute Gasteiger partial charge is 0.490 e. The highest BCUT2D eigenvalue weighted by Gasteiger charge is 2.15. The fraction of sp³-hybridized carbons (Fsp3) is 0.600. The molecule has 0 bridgehead atoms. The number of aliphatic hydroxyl groups is 1. The predicted octanol–water partition coefficient (Wildman–Crippen LogP) is 1.95. The highest BCUT2D eigenvalue weighted by molar-refractivity contribution is 5.47. The molecule has 4 nitrogen and oxygen atoms in total. The molecule has 106 valence electrons. The highest BCUT2D eigenvalue weighted by atomic mass is 16.5. The maximum atomic E-state index is 9.77. The van der Waals surface area contributed by atoms with Crippen LogP contribution in [0.5, 0.6) is 11.5 Å². The summed E-state index contributed by atoms with van der Waals surface area (Å²) in [5.74, 6) is 1.92. The van der Waals surface area contributed by atoms with E-state index in [1.807, 2.05) is 32.0 Å². The smallest absolute Gasteiger partial charge is 0.165 e. The molecule has 1 heterocycles. The average molecular weight is 265 g/mol. The van der Waals surface area contributed by atoms with Crippen LogP contribution in [0.3, 0.4) is 0 Å². The molecule has 2 N–H and O–H groups in total. The molecule has 1 atom stereocenters. The number of hydrogen-bond donors (Lipinski definition) is 2. The Balaban J connectivity index is 1.97. The number of rotatable bonds is 5. The van der Waals surface area contributed by atoms with Gasteiger partial charge in [-0.1, -0.05) is 26.0 Å². The lowest BCUT2D eigenvalue weighted by Crippen LogP contribution is -2.30. The lowest BCUT2D eigenvalue weighted by atomic mass is 10.1. The Bertz CT molecular complexity index is 406. The Hall–Kier alpha value is -1.26. The van der Waals surface area contributed by atoms with E-state index in [1.165, 1.54) is 0 Å². The first-order valence-corrected chi connectivity index (χ1v) is 6.94. The third-order valence-corrected chi connectivity index (χ3v) is 3.29. The SMILES string of the molecule is CC(C)C(O)CNCc1cccc2c1OCCCO2. The Kier molecular flexibility index (Phi) is 5.05. The summed E-state index contributed by atoms with van der Waals surface area (Å²) in [7, 11) is 0. The summed E-state index contributed by atoms with van der Waals surface area (Å²) in [4.78, 5) is 0. The van der Waals surface area contributed by atoms with Crippen molar-refractivity contribution in [1.29, 1.82) is 0 Å². The number of nitrogens with one attached hydrogen (secondary N) is 1. The van der Waals surface area contributed by atoms with Crippen LogP contribution < -0.4 is 14.8 Å². The number of ether oxygens (including phenoxy) is 2. The molecular formula is C15H23NO3. The Labute approximate surface area is 114 Å². The number of aliphatic hydroxyl groups excluding tert-OH is 1. The first-order chi connectivity index (χ1) is 9.18. The quantitative estimate of drug-likeness (QED) is 0.854. The third-order valence-electron chi connectivity index (χ3n) is 3.29. The molecule has 1 aliphatic heterocycles. The summed E-state index contributed by atoms with van der Waals surface area (Å²) in [5, 5.41) is 13.0. The molecule has 0 aromatic heterocycles. The van der Waals surface area contributed by atoms with Gasteiger partial charge in [0.2, 0.25) is 0 Å². The fourth-order valence-electron chi connectivity index (χ4n) is 1.98. The van der Waals surface area contributed by atoms with Gasteiger partial charge in [0, 0.05) is 25.1 Å². The lowest BCUT2D eigenvalue weighted by molar-refractivity contribution is 0.123. The van der Waals surface area contributed by atoms with Crippen LogP contribution >= 0.6 is 0 Å². The zero-order valence-electron chi connectivity index (χ0n) is 11.7. The van der Waals surface area contributed by atoms with Gasteiger partial charge in [-0.2, -0.15) is 0 Å². The zero-order chi connectivity index (χ0) is 13.7. The van der Waals surface area contributed by atoms with E-state index in [4.69, 9.17) is 9.47 Å². The fourth-order valence-corrected chi connectivity index (χ4v) is 1.98. The molecule has 19 heavy (non-hydrogen) atoms. The molecule has 1 aromatic rings. The Morgan fingerprint density at radius 1 is 1.26 bits per heavy atom. The van der Waals surface area contributed by atoms with E-state index in [-0.39, 0.29) is 12.0 Å². The van der Waals surface area contributed by atoms with Gasteiger partial charge in [0.05, 0.1) is 19.3 Å². The molecule has 0 radical (unpaired) electrons. The molecular weight excluding hydrogens is 242 g/mol. The summed E-state index contributed by atoms with van der Waals surface area (Å²) in [6, 6.07) is 5.94. The molecule has 0 saturated heterocycles. The van der Waals surface area contributed by atoms with Gasteiger partial charge in [-0.25, -0.2) is 0 Å². The zero-order valence-corrected chi connectivity index (χ0v) is 11.7. The van der Waals surface area contributed by atoms with Crippen molar-refractivity contribution in [2.24, 2.45) is 5.92 Å². The summed E-state index contributed by atoms with van der Waals surface area (Å²) in [5.41, 5.74) is 1.08. The van der Waals surface area contributed by atoms with E-state index in [2.05, 4.69) is 5.32 Å². The maximum Gasteiger partial charge on any atom is 0.165 e. The predicted molar refractivity (Wildman–Crippen MR) is 74.6 cm³/mol. The van der Waals surface area contributed by atoms with Gasteiger partial charge in [0.1, 0.15) is 0 Å². The van der Waals surface area contributed by atoms with E-state index in [0.717, 1.165) is 23.5 Å². The summed E-state index contributed by atoms with van der Waals surface area (Å²) >= 11 is 0. The van der Waals surface area contributed by atoms with Gasteiger partial charge in [0.25, 0.3) is 0 Å². The first kappa shape index (κ1) is 14.2. The van der Waals surface area contributed by atoms with Crippen LogP contribution in [0.1, 0.15) is 25.8 Å². The second-order valence-corrected chi connectivity index (χ2v) is 5.24. The molecule has 0 saturated carbocycles. The number of benzene rings is 1. The van der Waals surface area contributed by atoms with Crippen molar-refractivity contribution < 1.29 is 14.6 Å². The van der Waals surface area contributed by atoms with E-state index in [9.17, 15) is 5.11 Å². The van der Waals surface area contributed by atoms with Crippen LogP contribution in [-0.2, 0) is 6.54 Å². The number of fused-ring (bicyclic) bond motifs is 1. The van der Waals surface area contributed by atoms with Gasteiger partial charge in [-0.15, -0.1) is 0 Å². The van der Waals surface area contributed by atoms with Crippen molar-refractivity contribution in [3.8, 4) is 11.5 Å². The van der Waals surface area contributed by atoms with Crippen molar-refractivity contribution >= 4 is 0 Å². The Morgan fingerprint density at radius 3 is 2.84 bits per heavy atom. The van der Waals surface area contributed by atoms with Crippen molar-refractivity contribution in [3.63, 3.8) is 0 Å². The van der Waals surface area contributed by atoms with E-state index in [1.54, 1.807) is 0 Å². The van der Waals surface area contributed by atoms with Crippen LogP contribution in [0.25, 0.3) is 0 Å². The number of para-hydroxylation sites is 1. The summed E-state index contributed by atoms with van der Waals surface area (Å²) in [6.45, 7) is 6.68. The first-order valence-electron chi connectivity index (χ1n) is 6.94. The van der Waals surface area contributed by atoms with E-state index < -0.39 is 0 Å². The second kappa shape index (κ2) is 6.78. The molecule has 1 aromatic carbocycles. The summed E-state index contributed by atoms with van der Waals surface area (Å²) in [6.07, 6.45) is 0.590. The van der Waals surface area contributed by atoms with Crippen LogP contribution in [0.2, 0.25) is 0 Å². The minimum absolute atomic E-state index is 0.264. The molecule has 4 heteroatoms. The minimum Gasteiger partial charge on any atom is -0.490 e. The van der Waals surface area contributed by atoms with E-state index in [0.29, 0.717) is 26.3 Å². The topological polar surface area (TPSA) is 50.7 Å². The molecule has 0 fully saturated rings. The minimum atomic E-state index is -0.320. The second-order valence-electron chi connectivity index (χ2n) is 5.24. The lowest BCUT2D eigenvalue weighted by Gasteiger charge is -2.17. The van der Waals surface area contributed by atoms with Crippen molar-refractivity contribution in [1.82, 2.24) is 5.32 Å². The van der Waals surface area contributed by atoms with Crippen molar-refractivity contribution in [2.45, 2.75) is 32.9 Å². The molecule has 2 rings (SSSR count). The van der Waals surface area contributed by atoms with Gasteiger partial charge >= 0.3 is 0 Å². The van der Waals surface area contributed by atoms with Gasteiger partial charge in [-0.3, -0.25) is 0 Å². The molecule has 0 aliphatic carbocycles. The van der Waals surface area contributed by atoms with Crippen LogP contribution in [0.15, 0.2) is 18.2 Å². The maximum absolute atomic E-state index is 9.77. The van der Waals surface area contributed by atoms with Crippen molar-refractivity contribution in [2.75, 3.05) is 19.8 Å². The average Bonchev–Trinajstić information content (AvgIpc) is 2.64. The van der Waals surface area contributed by atoms with Crippen LogP contribution in [0.4, 0.5) is 0 Å². The molecule has 1 unspecified atom stereocenters. The monoisotopic (exact) mass is 265 g/mol. The third kappa shape index (κ3) is 3.85. The number of hydrogen-bond acceptors (Lipinski definition) is 4. The molecule has 0 spiro atoms. The molecule has 0 amide bonds. The van der Waals surface area contributed by atoms with Crippen molar-refractivity contribution in [3.05, 3.63) is 23.8 Å². The van der Waals surface area contributed by atoms with Gasteiger partial charge < -0.3 is 19.9 Å². The molecule has 1 aliphatic rings. The van der Waals surface area contributed by atoms with Gasteiger partial charge in [0.15, 0.2) is 11.5 Å². The Morgan fingerprint density at radius 2 is 2.05 bits per heavy atom. The van der Waals surface area contributed by atoms with E-state index >= 15 is 0 Å². The van der Waals surface area contributed by atoms with Gasteiger partial charge in [-0.05, 0) is 12.0 Å². The normalized spacial score (nSPS) is 16.2. The van der Waals surface area contributed by atoms with Crippen LogP contribution in [-0.4, -0.2) is 31.0 Å². The standard InChI is InChI=1S/C15H23NO3/c1-11(2)13(17)10-16-9-12-5-3-6-14-15(12)19-8-4-7-18-14/h3,5-6,11,13,16-17H,4,7-10H2,1-2H3. The van der Waals surface area contributed by atoms with Crippen LogP contribution in [0, 0.1) is 5.92 Å².